The van der Waals surface area contributed by atoms with E-state index in [2.05, 4.69) is 10.3 Å². The van der Waals surface area contributed by atoms with Crippen LogP contribution < -0.4 is 14.8 Å². The molecule has 0 bridgehead atoms. The molecule has 29 heavy (non-hydrogen) atoms. The Morgan fingerprint density at radius 3 is 2.72 bits per heavy atom. The van der Waals surface area contributed by atoms with Gasteiger partial charge in [-0.1, -0.05) is 18.2 Å². The maximum Gasteiger partial charge on any atom is 0.340 e. The summed E-state index contributed by atoms with van der Waals surface area (Å²) in [4.78, 5) is 17.0. The van der Waals surface area contributed by atoms with Gasteiger partial charge in [0, 0.05) is 17.6 Å². The molecule has 0 atom stereocenters. The first kappa shape index (κ1) is 20.6. The predicted molar refractivity (Wildman–Crippen MR) is 112 cm³/mol. The highest BCUT2D eigenvalue weighted by molar-refractivity contribution is 7.13. The standard InChI is InChI=1S/C21H22N2O5S/c1-26-18-9-5-7-16(19(18)27-2)20-23-14(13-29-20)12-28-21(25)15-6-3-4-8-17(15)22-10-11-24/h3-9,13,22,24H,10-12H2,1-2H3. The third-order valence-electron chi connectivity index (χ3n) is 4.11. The molecule has 0 aliphatic heterocycles. The number of ether oxygens (including phenoxy) is 3. The molecule has 0 saturated heterocycles. The van der Waals surface area contributed by atoms with Crippen molar-refractivity contribution >= 4 is 23.0 Å². The number of aromatic nitrogens is 1. The van der Waals surface area contributed by atoms with Crippen LogP contribution in [0.25, 0.3) is 10.6 Å². The van der Waals surface area contributed by atoms with Crippen molar-refractivity contribution in [3.05, 3.63) is 59.1 Å². The average Bonchev–Trinajstić information content (AvgIpc) is 3.24. The normalized spacial score (nSPS) is 10.4. The number of aliphatic hydroxyl groups is 1. The molecule has 3 rings (SSSR count). The third kappa shape index (κ3) is 4.85. The number of benzene rings is 2. The van der Waals surface area contributed by atoms with E-state index in [0.717, 1.165) is 10.6 Å². The lowest BCUT2D eigenvalue weighted by molar-refractivity contribution is 0.0469. The summed E-state index contributed by atoms with van der Waals surface area (Å²) in [5, 5.41) is 14.6. The Labute approximate surface area is 172 Å². The molecule has 0 radical (unpaired) electrons. The van der Waals surface area contributed by atoms with Gasteiger partial charge in [-0.05, 0) is 24.3 Å². The van der Waals surface area contributed by atoms with Crippen LogP contribution in [-0.2, 0) is 11.3 Å². The van der Waals surface area contributed by atoms with Crippen molar-refractivity contribution in [1.29, 1.82) is 0 Å². The third-order valence-corrected chi connectivity index (χ3v) is 5.03. The van der Waals surface area contributed by atoms with Crippen LogP contribution in [0.3, 0.4) is 0 Å². The van der Waals surface area contributed by atoms with Gasteiger partial charge in [0.25, 0.3) is 0 Å². The highest BCUT2D eigenvalue weighted by atomic mass is 32.1. The predicted octanol–water partition coefficient (Wildman–Crippen LogP) is 3.59. The van der Waals surface area contributed by atoms with Crippen LogP contribution in [0.2, 0.25) is 0 Å². The molecule has 2 N–H and O–H groups in total. The van der Waals surface area contributed by atoms with Crippen LogP contribution in [0, 0.1) is 0 Å². The highest BCUT2D eigenvalue weighted by Crippen LogP contribution is 2.39. The summed E-state index contributed by atoms with van der Waals surface area (Å²) in [5.41, 5.74) is 2.48. The SMILES string of the molecule is COc1cccc(-c2nc(COC(=O)c3ccccc3NCCO)cs2)c1OC. The van der Waals surface area contributed by atoms with Crippen LogP contribution in [-0.4, -0.2) is 43.4 Å². The van der Waals surface area contributed by atoms with E-state index in [9.17, 15) is 4.79 Å². The van der Waals surface area contributed by atoms with Crippen molar-refractivity contribution in [2.24, 2.45) is 0 Å². The van der Waals surface area contributed by atoms with Gasteiger partial charge in [-0.2, -0.15) is 0 Å². The van der Waals surface area contributed by atoms with Crippen molar-refractivity contribution in [2.75, 3.05) is 32.7 Å². The molecule has 7 nitrogen and oxygen atoms in total. The van der Waals surface area contributed by atoms with Crippen molar-refractivity contribution < 1.29 is 24.1 Å². The molecule has 1 aromatic heterocycles. The Kier molecular flexibility index (Phi) is 7.04. The maximum absolute atomic E-state index is 12.5. The zero-order valence-corrected chi connectivity index (χ0v) is 17.0. The molecule has 0 saturated carbocycles. The molecule has 0 amide bonds. The lowest BCUT2D eigenvalue weighted by atomic mass is 10.2. The molecule has 0 spiro atoms. The maximum atomic E-state index is 12.5. The number of carbonyl (C=O) groups excluding carboxylic acids is 1. The number of anilines is 1. The smallest absolute Gasteiger partial charge is 0.340 e. The lowest BCUT2D eigenvalue weighted by Gasteiger charge is -2.11. The summed E-state index contributed by atoms with van der Waals surface area (Å²) < 4.78 is 16.2. The van der Waals surface area contributed by atoms with Gasteiger partial charge < -0.3 is 24.6 Å². The Morgan fingerprint density at radius 1 is 1.14 bits per heavy atom. The van der Waals surface area contributed by atoms with Crippen LogP contribution in [0.15, 0.2) is 47.8 Å². The number of para-hydroxylation sites is 2. The second-order valence-corrected chi connectivity index (χ2v) is 6.82. The molecular formula is C21H22N2O5S. The number of rotatable bonds is 9. The van der Waals surface area contributed by atoms with Crippen molar-refractivity contribution in [3.63, 3.8) is 0 Å². The Balaban J connectivity index is 1.71. The fraction of sp³-hybridized carbons (Fsp3) is 0.238. The summed E-state index contributed by atoms with van der Waals surface area (Å²) in [6.07, 6.45) is 0. The van der Waals surface area contributed by atoms with Crippen molar-refractivity contribution in [1.82, 2.24) is 4.98 Å². The number of carbonyl (C=O) groups is 1. The van der Waals surface area contributed by atoms with E-state index in [1.54, 1.807) is 32.4 Å². The average molecular weight is 414 g/mol. The molecule has 0 fully saturated rings. The molecular weight excluding hydrogens is 392 g/mol. The number of nitrogens with one attached hydrogen (secondary N) is 1. The minimum Gasteiger partial charge on any atom is -0.493 e. The molecule has 3 aromatic rings. The molecule has 8 heteroatoms. The van der Waals surface area contributed by atoms with Gasteiger partial charge >= 0.3 is 5.97 Å². The van der Waals surface area contributed by atoms with E-state index in [1.165, 1.54) is 11.3 Å². The minimum absolute atomic E-state index is 0.0291. The van der Waals surface area contributed by atoms with Gasteiger partial charge in [-0.3, -0.25) is 0 Å². The first-order valence-corrected chi connectivity index (χ1v) is 9.82. The fourth-order valence-corrected chi connectivity index (χ4v) is 3.60. The Bertz CT molecular complexity index is 973. The van der Waals surface area contributed by atoms with Crippen molar-refractivity contribution in [3.8, 4) is 22.1 Å². The summed E-state index contributed by atoms with van der Waals surface area (Å²) in [5.74, 6) is 0.775. The summed E-state index contributed by atoms with van der Waals surface area (Å²) in [6, 6.07) is 12.6. The van der Waals surface area contributed by atoms with Gasteiger partial charge in [-0.25, -0.2) is 9.78 Å². The zero-order valence-electron chi connectivity index (χ0n) is 16.2. The van der Waals surface area contributed by atoms with E-state index >= 15 is 0 Å². The molecule has 2 aromatic carbocycles. The first-order valence-electron chi connectivity index (χ1n) is 8.94. The fourth-order valence-electron chi connectivity index (χ4n) is 2.78. The van der Waals surface area contributed by atoms with Crippen LogP contribution in [0.1, 0.15) is 16.1 Å². The minimum atomic E-state index is -0.459. The number of esters is 1. The first-order chi connectivity index (χ1) is 14.2. The Hall–Kier alpha value is -3.10. The van der Waals surface area contributed by atoms with E-state index in [-0.39, 0.29) is 13.2 Å². The summed E-state index contributed by atoms with van der Waals surface area (Å²) in [6.45, 7) is 0.372. The Morgan fingerprint density at radius 2 is 1.97 bits per heavy atom. The van der Waals surface area contributed by atoms with Gasteiger partial charge in [0.2, 0.25) is 0 Å². The van der Waals surface area contributed by atoms with Crippen LogP contribution in [0.5, 0.6) is 11.5 Å². The second-order valence-electron chi connectivity index (χ2n) is 5.96. The van der Waals surface area contributed by atoms with E-state index in [1.807, 2.05) is 29.6 Å². The van der Waals surface area contributed by atoms with Crippen LogP contribution >= 0.6 is 11.3 Å². The number of nitrogens with zero attached hydrogens (tertiary/aromatic N) is 1. The molecule has 0 aliphatic rings. The van der Waals surface area contributed by atoms with Gasteiger partial charge in [-0.15, -0.1) is 11.3 Å². The molecule has 0 unspecified atom stereocenters. The zero-order chi connectivity index (χ0) is 20.6. The molecule has 1 heterocycles. The van der Waals surface area contributed by atoms with E-state index in [4.69, 9.17) is 19.3 Å². The van der Waals surface area contributed by atoms with Crippen molar-refractivity contribution in [2.45, 2.75) is 6.61 Å². The topological polar surface area (TPSA) is 89.9 Å². The lowest BCUT2D eigenvalue weighted by Crippen LogP contribution is -2.12. The monoisotopic (exact) mass is 414 g/mol. The number of aliphatic hydroxyl groups excluding tert-OH is 1. The van der Waals surface area contributed by atoms with E-state index in [0.29, 0.717) is 35.0 Å². The molecule has 152 valence electrons. The summed E-state index contributed by atoms with van der Waals surface area (Å²) in [7, 11) is 3.17. The molecule has 0 aliphatic carbocycles. The highest BCUT2D eigenvalue weighted by Gasteiger charge is 2.16. The quantitative estimate of drug-likeness (QED) is 0.517. The van der Waals surface area contributed by atoms with Gasteiger partial charge in [0.1, 0.15) is 11.6 Å². The largest absolute Gasteiger partial charge is 0.493 e. The van der Waals surface area contributed by atoms with Crippen LogP contribution in [0.4, 0.5) is 5.69 Å². The van der Waals surface area contributed by atoms with Gasteiger partial charge in [0.15, 0.2) is 11.5 Å². The second kappa shape index (κ2) is 9.90. The number of thiazole rings is 1. The number of hydrogen-bond acceptors (Lipinski definition) is 8. The van der Waals surface area contributed by atoms with E-state index < -0.39 is 5.97 Å². The number of methoxy groups -OCH3 is 2. The summed E-state index contributed by atoms with van der Waals surface area (Å²) >= 11 is 1.44. The van der Waals surface area contributed by atoms with Gasteiger partial charge in [0.05, 0.1) is 37.6 Å². The number of hydrogen-bond donors (Lipinski definition) is 2.